The zero-order chi connectivity index (χ0) is 18.8. The Morgan fingerprint density at radius 1 is 1.08 bits per heavy atom. The number of carbonyl (C=O) groups is 2. The van der Waals surface area contributed by atoms with E-state index in [2.05, 4.69) is 6.58 Å². The van der Waals surface area contributed by atoms with Crippen LogP contribution in [0.5, 0.6) is 0 Å². The Balaban J connectivity index is 6.13. The Hall–Kier alpha value is -2.17. The first-order valence-corrected chi connectivity index (χ1v) is 8.05. The highest BCUT2D eigenvalue weighted by Gasteiger charge is 2.42. The molecule has 5 nitrogen and oxygen atoms in total. The third kappa shape index (κ3) is 5.80. The zero-order valence-corrected chi connectivity index (χ0v) is 15.4. The van der Waals surface area contributed by atoms with Gasteiger partial charge in [-0.15, -0.1) is 0 Å². The van der Waals surface area contributed by atoms with Crippen molar-refractivity contribution in [3.63, 3.8) is 0 Å². The average Bonchev–Trinajstić information content (AvgIpc) is 2.60. The van der Waals surface area contributed by atoms with Crippen molar-refractivity contribution >= 4 is 17.7 Å². The van der Waals surface area contributed by atoms with E-state index in [0.717, 1.165) is 5.57 Å². The molecule has 0 aromatic rings. The average molecular weight is 335 g/mol. The summed E-state index contributed by atoms with van der Waals surface area (Å²) in [4.78, 5) is 24.9. The molecule has 1 N–H and O–H groups in total. The molecule has 24 heavy (non-hydrogen) atoms. The molecule has 0 aromatic carbocycles. The molecule has 0 saturated heterocycles. The summed E-state index contributed by atoms with van der Waals surface area (Å²) >= 11 is 0. The highest BCUT2D eigenvalue weighted by Crippen LogP contribution is 2.41. The van der Waals surface area contributed by atoms with E-state index < -0.39 is 11.4 Å². The van der Waals surface area contributed by atoms with E-state index in [9.17, 15) is 9.59 Å². The molecule has 0 amide bonds. The number of hydrogen-bond donors (Lipinski definition) is 1. The second-order valence-electron chi connectivity index (χ2n) is 5.54. The summed E-state index contributed by atoms with van der Waals surface area (Å²) in [6.07, 6.45) is 6.24. The van der Waals surface area contributed by atoms with Crippen molar-refractivity contribution < 1.29 is 19.1 Å². The largest absolute Gasteiger partial charge is 0.481 e. The topological polar surface area (TPSA) is 76.5 Å². The highest BCUT2D eigenvalue weighted by atomic mass is 16.5. The van der Waals surface area contributed by atoms with Gasteiger partial charge in [-0.1, -0.05) is 38.2 Å². The van der Waals surface area contributed by atoms with Gasteiger partial charge in [-0.3, -0.25) is 15.0 Å². The maximum Gasteiger partial charge on any atom is 0.306 e. The lowest BCUT2D eigenvalue weighted by atomic mass is 9.68. The molecule has 0 aliphatic carbocycles. The Morgan fingerprint density at radius 2 is 1.71 bits per heavy atom. The van der Waals surface area contributed by atoms with Crippen LogP contribution in [0.4, 0.5) is 0 Å². The predicted octanol–water partition coefficient (Wildman–Crippen LogP) is 4.00. The zero-order valence-electron chi connectivity index (χ0n) is 15.4. The molecule has 0 unspecified atom stereocenters. The number of esters is 1. The molecular weight excluding hydrogens is 306 g/mol. The van der Waals surface area contributed by atoms with Crippen LogP contribution in [0.2, 0.25) is 0 Å². The number of Topliss-reactive ketones (excluding diaryl/α,β-unsaturated/α-hetero) is 1. The number of ketones is 1. The molecule has 0 aliphatic rings. The number of nitrogens with one attached hydrogen (secondary N) is 1. The molecule has 0 bridgehead atoms. The Labute approximate surface area is 144 Å². The van der Waals surface area contributed by atoms with Crippen LogP contribution in [0, 0.1) is 10.8 Å². The van der Waals surface area contributed by atoms with Gasteiger partial charge < -0.3 is 9.47 Å². The van der Waals surface area contributed by atoms with Crippen LogP contribution in [0.1, 0.15) is 46.5 Å². The van der Waals surface area contributed by atoms with Gasteiger partial charge >= 0.3 is 5.97 Å². The van der Waals surface area contributed by atoms with Crippen molar-refractivity contribution in [2.24, 2.45) is 5.41 Å². The summed E-state index contributed by atoms with van der Waals surface area (Å²) in [5.74, 6) is -0.529. The minimum atomic E-state index is -1.03. The number of rotatable bonds is 10. The van der Waals surface area contributed by atoms with E-state index in [1.54, 1.807) is 26.0 Å². The van der Waals surface area contributed by atoms with Crippen LogP contribution in [0.3, 0.4) is 0 Å². The van der Waals surface area contributed by atoms with Gasteiger partial charge in [-0.05, 0) is 31.4 Å². The summed E-state index contributed by atoms with van der Waals surface area (Å²) in [6.45, 7) is 9.56. The standard InChI is InChI=1S/C19H29NO4/c1-7-14(4)12-19(16(21)9-3,13-18(22)24-6)15(8-2)10-11-17(20)23-5/h8,10-11,20H,4,7,9,12-13H2,1-3,5-6H3/b11-10-,15-8-,20-17?/t19-/m0/s1. The van der Waals surface area contributed by atoms with E-state index >= 15 is 0 Å². The monoisotopic (exact) mass is 335 g/mol. The van der Waals surface area contributed by atoms with Crippen molar-refractivity contribution in [1.82, 2.24) is 0 Å². The minimum absolute atomic E-state index is 0.0282. The molecule has 0 radical (unpaired) electrons. The summed E-state index contributed by atoms with van der Waals surface area (Å²) < 4.78 is 9.64. The lowest BCUT2D eigenvalue weighted by Gasteiger charge is -2.33. The minimum Gasteiger partial charge on any atom is -0.481 e. The van der Waals surface area contributed by atoms with Crippen molar-refractivity contribution in [3.05, 3.63) is 36.0 Å². The number of methoxy groups -OCH3 is 2. The third-order valence-electron chi connectivity index (χ3n) is 4.08. The van der Waals surface area contributed by atoms with Gasteiger partial charge in [0.1, 0.15) is 5.78 Å². The highest BCUT2D eigenvalue weighted by molar-refractivity contribution is 5.93. The van der Waals surface area contributed by atoms with Crippen molar-refractivity contribution in [1.29, 1.82) is 5.41 Å². The van der Waals surface area contributed by atoms with Crippen LogP contribution < -0.4 is 0 Å². The molecule has 0 heterocycles. The van der Waals surface area contributed by atoms with E-state index in [-0.39, 0.29) is 18.1 Å². The third-order valence-corrected chi connectivity index (χ3v) is 4.08. The van der Waals surface area contributed by atoms with Gasteiger partial charge in [0.05, 0.1) is 26.1 Å². The first kappa shape index (κ1) is 21.8. The molecule has 0 saturated carbocycles. The Bertz CT molecular complexity index is 526. The Kier molecular flexibility index (Phi) is 9.62. The molecule has 5 heteroatoms. The fraction of sp³-hybridized carbons (Fsp3) is 0.526. The maximum atomic E-state index is 12.8. The molecule has 0 fully saturated rings. The van der Waals surface area contributed by atoms with Gasteiger partial charge in [-0.2, -0.15) is 0 Å². The summed E-state index contributed by atoms with van der Waals surface area (Å²) in [7, 11) is 2.71. The summed E-state index contributed by atoms with van der Waals surface area (Å²) in [6, 6.07) is 0. The van der Waals surface area contributed by atoms with Crippen LogP contribution >= 0.6 is 0 Å². The number of carbonyl (C=O) groups excluding carboxylic acids is 2. The lowest BCUT2D eigenvalue weighted by molar-refractivity contribution is -0.146. The number of allylic oxidation sites excluding steroid dienone is 4. The number of ether oxygens (including phenoxy) is 2. The van der Waals surface area contributed by atoms with Crippen LogP contribution in [0.25, 0.3) is 0 Å². The van der Waals surface area contributed by atoms with Gasteiger partial charge in [0, 0.05) is 6.42 Å². The molecule has 0 aliphatic heterocycles. The molecular formula is C19H29NO4. The predicted molar refractivity (Wildman–Crippen MR) is 96.0 cm³/mol. The molecule has 1 atom stereocenters. The van der Waals surface area contributed by atoms with Crippen LogP contribution in [-0.4, -0.2) is 31.9 Å². The van der Waals surface area contributed by atoms with E-state index in [0.29, 0.717) is 24.8 Å². The lowest BCUT2D eigenvalue weighted by Crippen LogP contribution is -2.36. The normalized spacial score (nSPS) is 14.1. The molecule has 0 spiro atoms. The van der Waals surface area contributed by atoms with E-state index in [1.165, 1.54) is 20.3 Å². The van der Waals surface area contributed by atoms with E-state index in [1.807, 2.05) is 6.92 Å². The fourth-order valence-electron chi connectivity index (χ4n) is 2.60. The first-order valence-electron chi connectivity index (χ1n) is 8.05. The molecule has 0 rings (SSSR count). The second kappa shape index (κ2) is 10.6. The number of hydrogen-bond acceptors (Lipinski definition) is 5. The van der Waals surface area contributed by atoms with Gasteiger partial charge in [0.2, 0.25) is 5.90 Å². The summed E-state index contributed by atoms with van der Waals surface area (Å²) in [5, 5.41) is 7.59. The molecule has 134 valence electrons. The SMILES string of the molecule is C=C(CC)C[C@@](CC(=O)OC)(C(=O)CC)C(/C=C\C(=N)OC)=C\C. The van der Waals surface area contributed by atoms with E-state index in [4.69, 9.17) is 14.9 Å². The molecule has 0 aromatic heterocycles. The van der Waals surface area contributed by atoms with Crippen molar-refractivity contribution in [2.45, 2.75) is 46.5 Å². The first-order chi connectivity index (χ1) is 11.3. The quantitative estimate of drug-likeness (QED) is 0.215. The van der Waals surface area contributed by atoms with Crippen molar-refractivity contribution in [3.8, 4) is 0 Å². The smallest absolute Gasteiger partial charge is 0.306 e. The van der Waals surface area contributed by atoms with Gasteiger partial charge in [0.25, 0.3) is 0 Å². The van der Waals surface area contributed by atoms with Crippen LogP contribution in [0.15, 0.2) is 36.0 Å². The fourth-order valence-corrected chi connectivity index (χ4v) is 2.60. The Morgan fingerprint density at radius 3 is 2.12 bits per heavy atom. The second-order valence-corrected chi connectivity index (χ2v) is 5.54. The maximum absolute atomic E-state index is 12.8. The summed E-state index contributed by atoms with van der Waals surface area (Å²) in [5.41, 5.74) is 0.514. The van der Waals surface area contributed by atoms with Gasteiger partial charge in [0.15, 0.2) is 0 Å². The van der Waals surface area contributed by atoms with Crippen molar-refractivity contribution in [2.75, 3.05) is 14.2 Å². The van der Waals surface area contributed by atoms with Gasteiger partial charge in [-0.25, -0.2) is 0 Å². The van der Waals surface area contributed by atoms with Crippen LogP contribution in [-0.2, 0) is 19.1 Å².